The molecule has 2 N–H and O–H groups in total. The number of aromatic amines is 2. The Morgan fingerprint density at radius 2 is 1.84 bits per heavy atom. The lowest BCUT2D eigenvalue weighted by atomic mass is 10.0. The molecule has 38 heavy (non-hydrogen) atoms. The molecule has 0 amide bonds. The minimum absolute atomic E-state index is 0.0937. The highest BCUT2D eigenvalue weighted by Gasteiger charge is 2.21. The molecule has 5 heterocycles. The number of fused-ring (bicyclic) bond motifs is 2. The first-order valence-corrected chi connectivity index (χ1v) is 13.6. The maximum atomic E-state index is 15.7. The van der Waals surface area contributed by atoms with Gasteiger partial charge in [-0.1, -0.05) is 6.07 Å². The second-order valence-corrected chi connectivity index (χ2v) is 11.2. The Labute approximate surface area is 215 Å². The third kappa shape index (κ3) is 4.39. The van der Waals surface area contributed by atoms with Gasteiger partial charge in [-0.25, -0.2) is 27.2 Å². The van der Waals surface area contributed by atoms with Gasteiger partial charge >= 0.3 is 0 Å². The fourth-order valence-electron chi connectivity index (χ4n) is 4.37. The van der Waals surface area contributed by atoms with Crippen LogP contribution in [0.4, 0.5) is 8.78 Å². The second-order valence-electron chi connectivity index (χ2n) is 8.89. The quantitative estimate of drug-likeness (QED) is 0.324. The van der Waals surface area contributed by atoms with Gasteiger partial charge in [-0.05, 0) is 47.9 Å². The van der Waals surface area contributed by atoms with E-state index < -0.39 is 21.5 Å². The summed E-state index contributed by atoms with van der Waals surface area (Å²) in [6.07, 6.45) is 7.47. The predicted octanol–water partition coefficient (Wildman–Crippen LogP) is 4.49. The van der Waals surface area contributed by atoms with Gasteiger partial charge in [0.1, 0.15) is 27.0 Å². The number of benzene rings is 1. The molecule has 0 aliphatic rings. The number of pyridine rings is 3. The van der Waals surface area contributed by atoms with E-state index in [1.54, 1.807) is 30.5 Å². The summed E-state index contributed by atoms with van der Waals surface area (Å²) in [6.45, 7) is 0. The molecule has 0 unspecified atom stereocenters. The zero-order valence-corrected chi connectivity index (χ0v) is 20.7. The number of aromatic nitrogens is 7. The smallest absolute Gasteiger partial charge is 0.178 e. The van der Waals surface area contributed by atoms with Crippen molar-refractivity contribution in [1.82, 2.24) is 35.1 Å². The Hall–Kier alpha value is -4.58. The number of hydrogen-bond donors (Lipinski definition) is 2. The van der Waals surface area contributed by atoms with Crippen LogP contribution in [0.1, 0.15) is 5.56 Å². The molecule has 0 saturated carbocycles. The van der Waals surface area contributed by atoms with Gasteiger partial charge in [0.15, 0.2) is 17.3 Å². The summed E-state index contributed by atoms with van der Waals surface area (Å²) < 4.78 is 53.4. The second kappa shape index (κ2) is 9.06. The standard InChI is InChI=1S/C26H19F2N7O2S/c1-38(36,37)8-5-14-9-16(11-17(27)10-14)18-4-7-30-25-23(18)32-26(33-25)24-20-19(34-35-24)13-31-22(21(20)28)15-3-2-6-29-12-15/h2-4,6-7,9-13H,5,8H2,1H3,(H,34,35)(H,30,32,33). The topological polar surface area (TPSA) is 130 Å². The number of nitrogens with one attached hydrogen (secondary N) is 2. The molecule has 0 bridgehead atoms. The molecule has 6 aromatic rings. The number of aryl methyl sites for hydroxylation is 1. The lowest BCUT2D eigenvalue weighted by molar-refractivity contribution is 0.600. The number of sulfone groups is 1. The molecule has 0 aliphatic carbocycles. The average molecular weight is 532 g/mol. The summed E-state index contributed by atoms with van der Waals surface area (Å²) in [6, 6.07) is 9.52. The van der Waals surface area contributed by atoms with Crippen molar-refractivity contribution in [1.29, 1.82) is 0 Å². The molecule has 190 valence electrons. The Morgan fingerprint density at radius 1 is 0.974 bits per heavy atom. The maximum absolute atomic E-state index is 15.7. The van der Waals surface area contributed by atoms with Crippen LogP contribution in [0.15, 0.2) is 61.2 Å². The lowest BCUT2D eigenvalue weighted by Gasteiger charge is -2.07. The van der Waals surface area contributed by atoms with Crippen molar-refractivity contribution in [2.75, 3.05) is 12.0 Å². The zero-order valence-electron chi connectivity index (χ0n) is 19.9. The molecule has 0 fully saturated rings. The van der Waals surface area contributed by atoms with Crippen LogP contribution in [0.3, 0.4) is 0 Å². The van der Waals surface area contributed by atoms with Gasteiger partial charge in [0.2, 0.25) is 0 Å². The van der Waals surface area contributed by atoms with Crippen molar-refractivity contribution in [3.8, 4) is 33.9 Å². The Bertz CT molecular complexity index is 1940. The Morgan fingerprint density at radius 3 is 2.63 bits per heavy atom. The van der Waals surface area contributed by atoms with Crippen LogP contribution in [0.5, 0.6) is 0 Å². The van der Waals surface area contributed by atoms with E-state index in [-0.39, 0.29) is 34.8 Å². The Kier molecular flexibility index (Phi) is 5.68. The van der Waals surface area contributed by atoms with Crippen molar-refractivity contribution in [3.05, 3.63) is 78.4 Å². The predicted molar refractivity (Wildman–Crippen MR) is 139 cm³/mol. The van der Waals surface area contributed by atoms with E-state index in [1.165, 1.54) is 30.7 Å². The third-order valence-corrected chi connectivity index (χ3v) is 7.07. The summed E-state index contributed by atoms with van der Waals surface area (Å²) in [5.74, 6) is -0.897. The summed E-state index contributed by atoms with van der Waals surface area (Å²) in [4.78, 5) is 20.3. The van der Waals surface area contributed by atoms with Crippen LogP contribution in [0.25, 0.3) is 56.0 Å². The Balaban J connectivity index is 1.46. The minimum Gasteiger partial charge on any atom is -0.335 e. The van der Waals surface area contributed by atoms with E-state index in [2.05, 4.69) is 35.1 Å². The first-order chi connectivity index (χ1) is 18.3. The van der Waals surface area contributed by atoms with Gasteiger partial charge in [0.25, 0.3) is 0 Å². The lowest BCUT2D eigenvalue weighted by Crippen LogP contribution is -2.06. The van der Waals surface area contributed by atoms with E-state index in [9.17, 15) is 12.8 Å². The van der Waals surface area contributed by atoms with E-state index in [0.29, 0.717) is 38.9 Å². The molecular weight excluding hydrogens is 512 g/mol. The molecule has 6 rings (SSSR count). The van der Waals surface area contributed by atoms with Crippen molar-refractivity contribution in [2.45, 2.75) is 6.42 Å². The minimum atomic E-state index is -3.21. The van der Waals surface area contributed by atoms with E-state index in [4.69, 9.17) is 0 Å². The zero-order chi connectivity index (χ0) is 26.4. The van der Waals surface area contributed by atoms with Gasteiger partial charge in [-0.15, -0.1) is 0 Å². The highest BCUT2D eigenvalue weighted by Crippen LogP contribution is 2.34. The fraction of sp³-hybridized carbons (Fsp3) is 0.115. The largest absolute Gasteiger partial charge is 0.335 e. The summed E-state index contributed by atoms with van der Waals surface area (Å²) in [5, 5.41) is 7.27. The number of rotatable bonds is 6. The average Bonchev–Trinajstić information content (AvgIpc) is 3.52. The SMILES string of the molecule is CS(=O)(=O)CCc1cc(F)cc(-c2ccnc3nc(-c4n[nH]c5cnc(-c6cccnc6)c(F)c45)[nH]c23)c1. The number of halogens is 2. The molecule has 1 aromatic carbocycles. The van der Waals surface area contributed by atoms with Crippen LogP contribution in [0.2, 0.25) is 0 Å². The fourth-order valence-corrected chi connectivity index (χ4v) is 4.97. The first-order valence-electron chi connectivity index (χ1n) is 11.5. The summed E-state index contributed by atoms with van der Waals surface area (Å²) in [7, 11) is -3.21. The number of imidazole rings is 1. The van der Waals surface area contributed by atoms with Crippen molar-refractivity contribution < 1.29 is 17.2 Å². The van der Waals surface area contributed by atoms with Crippen LogP contribution >= 0.6 is 0 Å². The molecule has 12 heteroatoms. The van der Waals surface area contributed by atoms with Gasteiger partial charge in [0.05, 0.1) is 28.4 Å². The van der Waals surface area contributed by atoms with Crippen LogP contribution in [-0.2, 0) is 16.3 Å². The molecule has 0 radical (unpaired) electrons. The highest BCUT2D eigenvalue weighted by molar-refractivity contribution is 7.90. The molecule has 0 aliphatic heterocycles. The van der Waals surface area contributed by atoms with Gasteiger partial charge in [0, 0.05) is 36.0 Å². The highest BCUT2D eigenvalue weighted by atomic mass is 32.2. The monoisotopic (exact) mass is 531 g/mol. The van der Waals surface area contributed by atoms with Gasteiger partial charge < -0.3 is 4.98 Å². The summed E-state index contributed by atoms with van der Waals surface area (Å²) in [5.41, 5.74) is 3.78. The van der Waals surface area contributed by atoms with Gasteiger partial charge in [-0.3, -0.25) is 15.1 Å². The number of H-pyrrole nitrogens is 2. The molecule has 5 aromatic heterocycles. The maximum Gasteiger partial charge on any atom is 0.178 e. The van der Waals surface area contributed by atoms with Crippen molar-refractivity contribution in [2.24, 2.45) is 0 Å². The van der Waals surface area contributed by atoms with Crippen LogP contribution < -0.4 is 0 Å². The van der Waals surface area contributed by atoms with E-state index in [1.807, 2.05) is 0 Å². The molecule has 0 atom stereocenters. The molecule has 9 nitrogen and oxygen atoms in total. The van der Waals surface area contributed by atoms with E-state index >= 15 is 4.39 Å². The first kappa shape index (κ1) is 23.8. The third-order valence-electron chi connectivity index (χ3n) is 6.13. The normalized spacial score (nSPS) is 12.0. The van der Waals surface area contributed by atoms with Crippen LogP contribution in [0, 0.1) is 11.6 Å². The summed E-state index contributed by atoms with van der Waals surface area (Å²) >= 11 is 0. The molecule has 0 spiro atoms. The van der Waals surface area contributed by atoms with Crippen molar-refractivity contribution >= 4 is 31.9 Å². The number of nitrogens with zero attached hydrogens (tertiary/aromatic N) is 5. The molecule has 0 saturated heterocycles. The van der Waals surface area contributed by atoms with Gasteiger partial charge in [-0.2, -0.15) is 5.10 Å². The van der Waals surface area contributed by atoms with E-state index in [0.717, 1.165) is 6.26 Å². The molecular formula is C26H19F2N7O2S. The van der Waals surface area contributed by atoms with Crippen molar-refractivity contribution in [3.63, 3.8) is 0 Å². The van der Waals surface area contributed by atoms with Crippen LogP contribution in [-0.4, -0.2) is 55.5 Å². The number of hydrogen-bond acceptors (Lipinski definition) is 7.